The van der Waals surface area contributed by atoms with Gasteiger partial charge in [-0.05, 0) is 6.92 Å². The SMILES string of the molecule is CCn1cnc(Cl)c1C(C)(C)CC(=O)O. The molecule has 4 nitrogen and oxygen atoms in total. The van der Waals surface area contributed by atoms with Crippen molar-refractivity contribution in [3.8, 4) is 0 Å². The van der Waals surface area contributed by atoms with Crippen molar-refractivity contribution in [2.45, 2.75) is 39.2 Å². The van der Waals surface area contributed by atoms with E-state index in [-0.39, 0.29) is 6.42 Å². The Morgan fingerprint density at radius 1 is 1.67 bits per heavy atom. The Kier molecular flexibility index (Phi) is 3.39. The molecule has 0 aliphatic heterocycles. The van der Waals surface area contributed by atoms with Crippen LogP contribution < -0.4 is 0 Å². The van der Waals surface area contributed by atoms with E-state index < -0.39 is 11.4 Å². The zero-order chi connectivity index (χ0) is 11.6. The number of hydrogen-bond donors (Lipinski definition) is 1. The number of aliphatic carboxylic acids is 1. The van der Waals surface area contributed by atoms with Crippen molar-refractivity contribution in [3.63, 3.8) is 0 Å². The molecule has 0 bridgehead atoms. The highest BCUT2D eigenvalue weighted by Gasteiger charge is 2.30. The number of carboxylic acid groups (broad SMARTS) is 1. The molecule has 0 aliphatic rings. The maximum atomic E-state index is 10.7. The van der Waals surface area contributed by atoms with Gasteiger partial charge >= 0.3 is 5.97 Å². The predicted molar refractivity (Wildman–Crippen MR) is 58.2 cm³/mol. The molecule has 0 unspecified atom stereocenters. The molecule has 15 heavy (non-hydrogen) atoms. The van der Waals surface area contributed by atoms with Gasteiger partial charge in [-0.3, -0.25) is 4.79 Å². The van der Waals surface area contributed by atoms with E-state index >= 15 is 0 Å². The molecule has 0 atom stereocenters. The second-order valence-electron chi connectivity index (χ2n) is 4.12. The van der Waals surface area contributed by atoms with Crippen molar-refractivity contribution in [1.29, 1.82) is 0 Å². The lowest BCUT2D eigenvalue weighted by atomic mass is 9.86. The van der Waals surface area contributed by atoms with Crippen LogP contribution in [0, 0.1) is 0 Å². The average molecular weight is 231 g/mol. The van der Waals surface area contributed by atoms with Crippen LogP contribution in [0.4, 0.5) is 0 Å². The van der Waals surface area contributed by atoms with Gasteiger partial charge in [0.15, 0.2) is 5.15 Å². The van der Waals surface area contributed by atoms with E-state index in [1.54, 1.807) is 6.33 Å². The van der Waals surface area contributed by atoms with Crippen molar-refractivity contribution >= 4 is 17.6 Å². The van der Waals surface area contributed by atoms with Gasteiger partial charge in [0, 0.05) is 12.0 Å². The number of carboxylic acids is 1. The summed E-state index contributed by atoms with van der Waals surface area (Å²) in [6.45, 7) is 6.42. The quantitative estimate of drug-likeness (QED) is 0.864. The lowest BCUT2D eigenvalue weighted by molar-refractivity contribution is -0.138. The first kappa shape index (κ1) is 12.0. The van der Waals surface area contributed by atoms with E-state index in [1.165, 1.54) is 0 Å². The van der Waals surface area contributed by atoms with Crippen molar-refractivity contribution < 1.29 is 9.90 Å². The summed E-state index contributed by atoms with van der Waals surface area (Å²) >= 11 is 5.97. The minimum atomic E-state index is -0.833. The Morgan fingerprint density at radius 3 is 2.73 bits per heavy atom. The largest absolute Gasteiger partial charge is 0.481 e. The fourth-order valence-electron chi connectivity index (χ4n) is 1.73. The summed E-state index contributed by atoms with van der Waals surface area (Å²) in [6.07, 6.45) is 1.68. The number of aryl methyl sites for hydroxylation is 1. The zero-order valence-corrected chi connectivity index (χ0v) is 9.88. The molecule has 1 heterocycles. The molecule has 0 saturated heterocycles. The molecule has 1 rings (SSSR count). The van der Waals surface area contributed by atoms with Gasteiger partial charge in [0.2, 0.25) is 0 Å². The molecule has 0 radical (unpaired) electrons. The third-order valence-corrected chi connectivity index (χ3v) is 2.64. The second kappa shape index (κ2) is 4.23. The first-order chi connectivity index (χ1) is 6.88. The van der Waals surface area contributed by atoms with Crippen LogP contribution in [0.3, 0.4) is 0 Å². The minimum absolute atomic E-state index is 0.0401. The maximum Gasteiger partial charge on any atom is 0.304 e. The molecule has 84 valence electrons. The summed E-state index contributed by atoms with van der Waals surface area (Å²) in [6, 6.07) is 0. The lowest BCUT2D eigenvalue weighted by Gasteiger charge is -2.24. The summed E-state index contributed by atoms with van der Waals surface area (Å²) < 4.78 is 1.88. The van der Waals surface area contributed by atoms with Gasteiger partial charge in [-0.2, -0.15) is 0 Å². The average Bonchev–Trinajstić information content (AvgIpc) is 2.44. The van der Waals surface area contributed by atoms with Crippen LogP contribution in [0.25, 0.3) is 0 Å². The summed E-state index contributed by atoms with van der Waals surface area (Å²) in [5, 5.41) is 9.22. The Labute approximate surface area is 93.9 Å². The number of halogens is 1. The second-order valence-corrected chi connectivity index (χ2v) is 4.48. The van der Waals surface area contributed by atoms with Crippen LogP contribution in [-0.4, -0.2) is 20.6 Å². The van der Waals surface area contributed by atoms with E-state index in [0.717, 1.165) is 12.2 Å². The normalized spacial score (nSPS) is 11.7. The fraction of sp³-hybridized carbons (Fsp3) is 0.600. The summed E-state index contributed by atoms with van der Waals surface area (Å²) in [5.74, 6) is -0.833. The standard InChI is InChI=1S/C10H15ClN2O2/c1-4-13-6-12-9(11)8(13)10(2,3)5-7(14)15/h6H,4-5H2,1-3H3,(H,14,15). The molecule has 5 heteroatoms. The molecule has 1 N–H and O–H groups in total. The Hall–Kier alpha value is -1.03. The van der Waals surface area contributed by atoms with Crippen molar-refractivity contribution in [2.75, 3.05) is 0 Å². The smallest absolute Gasteiger partial charge is 0.304 e. The molecule has 1 aromatic heterocycles. The van der Waals surface area contributed by atoms with Gasteiger partial charge in [-0.25, -0.2) is 4.98 Å². The fourth-order valence-corrected chi connectivity index (χ4v) is 2.14. The molecule has 0 amide bonds. The van der Waals surface area contributed by atoms with Gasteiger partial charge in [0.1, 0.15) is 0 Å². The number of imidazole rings is 1. The summed E-state index contributed by atoms with van der Waals surface area (Å²) in [7, 11) is 0. The van der Waals surface area contributed by atoms with Crippen molar-refractivity contribution in [2.24, 2.45) is 0 Å². The number of hydrogen-bond acceptors (Lipinski definition) is 2. The first-order valence-electron chi connectivity index (χ1n) is 4.81. The van der Waals surface area contributed by atoms with Gasteiger partial charge in [0.25, 0.3) is 0 Å². The van der Waals surface area contributed by atoms with Crippen LogP contribution in [0.15, 0.2) is 6.33 Å². The van der Waals surface area contributed by atoms with Crippen LogP contribution in [-0.2, 0) is 16.8 Å². The van der Waals surface area contributed by atoms with E-state index in [1.807, 2.05) is 25.3 Å². The summed E-state index contributed by atoms with van der Waals surface area (Å²) in [5.41, 5.74) is 0.282. The maximum absolute atomic E-state index is 10.7. The van der Waals surface area contributed by atoms with Crippen LogP contribution in [0.5, 0.6) is 0 Å². The highest BCUT2D eigenvalue weighted by Crippen LogP contribution is 2.32. The Morgan fingerprint density at radius 2 is 2.27 bits per heavy atom. The number of aromatic nitrogens is 2. The molecule has 1 aromatic rings. The number of rotatable bonds is 4. The Bertz CT molecular complexity index is 371. The first-order valence-corrected chi connectivity index (χ1v) is 5.19. The van der Waals surface area contributed by atoms with Crippen LogP contribution in [0.1, 0.15) is 32.9 Å². The molecule has 0 spiro atoms. The molecular formula is C10H15ClN2O2. The van der Waals surface area contributed by atoms with E-state index in [4.69, 9.17) is 16.7 Å². The monoisotopic (exact) mass is 230 g/mol. The topological polar surface area (TPSA) is 55.1 Å². The van der Waals surface area contributed by atoms with Crippen molar-refractivity contribution in [1.82, 2.24) is 9.55 Å². The minimum Gasteiger partial charge on any atom is -0.481 e. The third-order valence-electron chi connectivity index (χ3n) is 2.37. The summed E-state index contributed by atoms with van der Waals surface area (Å²) in [4.78, 5) is 14.7. The van der Waals surface area contributed by atoms with Gasteiger partial charge in [-0.15, -0.1) is 0 Å². The highest BCUT2D eigenvalue weighted by molar-refractivity contribution is 6.30. The molecule has 0 aliphatic carbocycles. The van der Waals surface area contributed by atoms with Gasteiger partial charge in [-0.1, -0.05) is 25.4 Å². The number of carbonyl (C=O) groups is 1. The van der Waals surface area contributed by atoms with Gasteiger partial charge < -0.3 is 9.67 Å². The van der Waals surface area contributed by atoms with Gasteiger partial charge in [0.05, 0.1) is 18.4 Å². The van der Waals surface area contributed by atoms with E-state index in [2.05, 4.69) is 4.98 Å². The van der Waals surface area contributed by atoms with Crippen LogP contribution in [0.2, 0.25) is 5.15 Å². The number of nitrogens with zero attached hydrogens (tertiary/aromatic N) is 2. The molecular weight excluding hydrogens is 216 g/mol. The highest BCUT2D eigenvalue weighted by atomic mass is 35.5. The lowest BCUT2D eigenvalue weighted by Crippen LogP contribution is -2.25. The zero-order valence-electron chi connectivity index (χ0n) is 9.12. The van der Waals surface area contributed by atoms with Crippen LogP contribution >= 0.6 is 11.6 Å². The van der Waals surface area contributed by atoms with E-state index in [0.29, 0.717) is 5.15 Å². The molecule has 0 saturated carbocycles. The Balaban J connectivity index is 3.12. The van der Waals surface area contributed by atoms with Crippen molar-refractivity contribution in [3.05, 3.63) is 17.2 Å². The third kappa shape index (κ3) is 2.50. The predicted octanol–water partition coefficient (Wildman–Crippen LogP) is 2.31. The van der Waals surface area contributed by atoms with E-state index in [9.17, 15) is 4.79 Å². The molecule has 0 fully saturated rings. The molecule has 0 aromatic carbocycles.